The molecule has 0 unspecified atom stereocenters. The molecule has 0 radical (unpaired) electrons. The number of hydrogen-bond donors (Lipinski definition) is 0. The monoisotopic (exact) mass is 188 g/mol. The van der Waals surface area contributed by atoms with Crippen LogP contribution in [0.4, 0.5) is 0 Å². The Balaban J connectivity index is 1.96. The lowest BCUT2D eigenvalue weighted by Gasteiger charge is -2.08. The lowest BCUT2D eigenvalue weighted by molar-refractivity contribution is 0.557. The molecular formula is C12H12O2. The van der Waals surface area contributed by atoms with Crippen LogP contribution in [0.3, 0.4) is 0 Å². The summed E-state index contributed by atoms with van der Waals surface area (Å²) < 4.78 is 10.5. The minimum atomic E-state index is 1.07. The van der Waals surface area contributed by atoms with Crippen LogP contribution in [-0.2, 0) is 25.7 Å². The van der Waals surface area contributed by atoms with E-state index in [0.29, 0.717) is 0 Å². The molecule has 2 aromatic rings. The topological polar surface area (TPSA) is 26.3 Å². The molecular weight excluding hydrogens is 176 g/mol. The van der Waals surface area contributed by atoms with Crippen LogP contribution in [-0.4, -0.2) is 0 Å². The Morgan fingerprint density at radius 3 is 1.14 bits per heavy atom. The van der Waals surface area contributed by atoms with E-state index in [9.17, 15) is 0 Å². The van der Waals surface area contributed by atoms with Gasteiger partial charge in [-0.1, -0.05) is 0 Å². The highest BCUT2D eigenvalue weighted by atomic mass is 16.3. The minimum Gasteiger partial charge on any atom is -0.472 e. The van der Waals surface area contributed by atoms with Crippen molar-refractivity contribution in [2.75, 3.05) is 0 Å². The molecule has 1 aliphatic rings. The van der Waals surface area contributed by atoms with E-state index in [-0.39, 0.29) is 0 Å². The van der Waals surface area contributed by atoms with Gasteiger partial charge in [0.25, 0.3) is 0 Å². The molecule has 0 aromatic carbocycles. The molecule has 0 fully saturated rings. The van der Waals surface area contributed by atoms with Crippen LogP contribution in [0.15, 0.2) is 33.9 Å². The van der Waals surface area contributed by atoms with E-state index in [2.05, 4.69) is 0 Å². The molecule has 2 heteroatoms. The fourth-order valence-corrected chi connectivity index (χ4v) is 2.12. The van der Waals surface area contributed by atoms with Crippen LogP contribution in [0.25, 0.3) is 0 Å². The maximum absolute atomic E-state index is 5.23. The van der Waals surface area contributed by atoms with Gasteiger partial charge in [-0.25, -0.2) is 0 Å². The van der Waals surface area contributed by atoms with Gasteiger partial charge < -0.3 is 8.83 Å². The molecule has 0 atom stereocenters. The summed E-state index contributed by atoms with van der Waals surface area (Å²) in [6.45, 7) is 0. The van der Waals surface area contributed by atoms with Gasteiger partial charge in [0.05, 0.1) is 25.1 Å². The first-order valence-electron chi connectivity index (χ1n) is 5.01. The number of fused-ring (bicyclic) bond motifs is 2. The summed E-state index contributed by atoms with van der Waals surface area (Å²) in [5.41, 5.74) is 5.43. The normalized spacial score (nSPS) is 15.4. The van der Waals surface area contributed by atoms with Gasteiger partial charge in [0.1, 0.15) is 0 Å². The standard InChI is InChI=1S/C12H12O2/c1-2-10-6-14-8-12(10)4-3-11-7-13-5-9(1)11/h5-8H,1-4H2. The van der Waals surface area contributed by atoms with E-state index in [1.807, 2.05) is 25.1 Å². The van der Waals surface area contributed by atoms with Gasteiger partial charge in [0.2, 0.25) is 0 Å². The van der Waals surface area contributed by atoms with Gasteiger partial charge in [-0.3, -0.25) is 0 Å². The molecule has 1 aliphatic carbocycles. The quantitative estimate of drug-likeness (QED) is 0.635. The maximum Gasteiger partial charge on any atom is 0.0937 e. The Bertz CT molecular complexity index is 357. The Morgan fingerprint density at radius 1 is 0.571 bits per heavy atom. The minimum absolute atomic E-state index is 1.07. The molecule has 0 bridgehead atoms. The van der Waals surface area contributed by atoms with Crippen LogP contribution >= 0.6 is 0 Å². The molecule has 2 nitrogen and oxygen atoms in total. The zero-order valence-electron chi connectivity index (χ0n) is 7.95. The summed E-state index contributed by atoms with van der Waals surface area (Å²) in [7, 11) is 0. The molecule has 2 heterocycles. The molecule has 0 amide bonds. The highest BCUT2D eigenvalue weighted by Crippen LogP contribution is 2.22. The number of hydrogen-bond acceptors (Lipinski definition) is 2. The predicted octanol–water partition coefficient (Wildman–Crippen LogP) is 2.76. The van der Waals surface area contributed by atoms with Crippen molar-refractivity contribution in [3.63, 3.8) is 0 Å². The first-order valence-corrected chi connectivity index (χ1v) is 5.01. The largest absolute Gasteiger partial charge is 0.472 e. The van der Waals surface area contributed by atoms with Crippen LogP contribution in [0, 0.1) is 0 Å². The molecule has 0 saturated carbocycles. The molecule has 3 rings (SSSR count). The van der Waals surface area contributed by atoms with E-state index >= 15 is 0 Å². The van der Waals surface area contributed by atoms with Crippen molar-refractivity contribution >= 4 is 0 Å². The van der Waals surface area contributed by atoms with Crippen molar-refractivity contribution in [2.45, 2.75) is 25.7 Å². The molecule has 0 N–H and O–H groups in total. The summed E-state index contributed by atoms with van der Waals surface area (Å²) in [6.07, 6.45) is 11.8. The smallest absolute Gasteiger partial charge is 0.0937 e. The van der Waals surface area contributed by atoms with Crippen molar-refractivity contribution < 1.29 is 8.83 Å². The zero-order valence-corrected chi connectivity index (χ0v) is 7.95. The van der Waals surface area contributed by atoms with Crippen molar-refractivity contribution in [3.05, 3.63) is 47.3 Å². The molecule has 0 spiro atoms. The molecule has 72 valence electrons. The van der Waals surface area contributed by atoms with Crippen LogP contribution < -0.4 is 0 Å². The Morgan fingerprint density at radius 2 is 0.857 bits per heavy atom. The Kier molecular flexibility index (Phi) is 1.72. The SMILES string of the molecule is c1occ2c1CCc1cocc1CC2. The number of furan rings is 2. The Labute approximate surface area is 82.5 Å². The lowest BCUT2D eigenvalue weighted by Crippen LogP contribution is -2.02. The van der Waals surface area contributed by atoms with E-state index in [0.717, 1.165) is 25.7 Å². The van der Waals surface area contributed by atoms with E-state index < -0.39 is 0 Å². The third kappa shape index (κ3) is 1.18. The second-order valence-electron chi connectivity index (χ2n) is 3.84. The van der Waals surface area contributed by atoms with Crippen molar-refractivity contribution in [3.8, 4) is 0 Å². The summed E-state index contributed by atoms with van der Waals surface area (Å²) in [6, 6.07) is 0. The summed E-state index contributed by atoms with van der Waals surface area (Å²) >= 11 is 0. The van der Waals surface area contributed by atoms with Crippen molar-refractivity contribution in [1.82, 2.24) is 0 Å². The highest BCUT2D eigenvalue weighted by Gasteiger charge is 2.13. The van der Waals surface area contributed by atoms with Gasteiger partial charge in [0, 0.05) is 0 Å². The third-order valence-electron chi connectivity index (χ3n) is 2.99. The van der Waals surface area contributed by atoms with Gasteiger partial charge in [0.15, 0.2) is 0 Å². The predicted molar refractivity (Wildman–Crippen MR) is 52.2 cm³/mol. The second kappa shape index (κ2) is 3.05. The second-order valence-corrected chi connectivity index (χ2v) is 3.84. The summed E-state index contributed by atoms with van der Waals surface area (Å²) in [5.74, 6) is 0. The summed E-state index contributed by atoms with van der Waals surface area (Å²) in [4.78, 5) is 0. The average Bonchev–Trinajstić information content (AvgIpc) is 2.75. The summed E-state index contributed by atoms with van der Waals surface area (Å²) in [5, 5.41) is 0. The fraction of sp³-hybridized carbons (Fsp3) is 0.333. The lowest BCUT2D eigenvalue weighted by atomic mass is 9.94. The Hall–Kier alpha value is -1.44. The zero-order chi connectivity index (χ0) is 9.38. The van der Waals surface area contributed by atoms with Gasteiger partial charge >= 0.3 is 0 Å². The van der Waals surface area contributed by atoms with E-state index in [1.165, 1.54) is 22.3 Å². The molecule has 14 heavy (non-hydrogen) atoms. The highest BCUT2D eigenvalue weighted by molar-refractivity contribution is 5.30. The van der Waals surface area contributed by atoms with Crippen LogP contribution in [0.5, 0.6) is 0 Å². The van der Waals surface area contributed by atoms with Gasteiger partial charge in [-0.2, -0.15) is 0 Å². The van der Waals surface area contributed by atoms with E-state index in [1.54, 1.807) is 0 Å². The van der Waals surface area contributed by atoms with Gasteiger partial charge in [-0.15, -0.1) is 0 Å². The third-order valence-corrected chi connectivity index (χ3v) is 2.99. The first kappa shape index (κ1) is 7.92. The number of rotatable bonds is 0. The van der Waals surface area contributed by atoms with Crippen LogP contribution in [0.1, 0.15) is 22.3 Å². The molecule has 0 aliphatic heterocycles. The first-order chi connectivity index (χ1) is 6.93. The van der Waals surface area contributed by atoms with E-state index in [4.69, 9.17) is 8.83 Å². The fourth-order valence-electron chi connectivity index (χ4n) is 2.12. The molecule has 2 aromatic heterocycles. The van der Waals surface area contributed by atoms with Gasteiger partial charge in [-0.05, 0) is 47.9 Å². The molecule has 0 saturated heterocycles. The maximum atomic E-state index is 5.23. The van der Waals surface area contributed by atoms with Crippen molar-refractivity contribution in [1.29, 1.82) is 0 Å². The average molecular weight is 188 g/mol. The van der Waals surface area contributed by atoms with Crippen LogP contribution in [0.2, 0.25) is 0 Å². The van der Waals surface area contributed by atoms with Crippen molar-refractivity contribution in [2.24, 2.45) is 0 Å². The number of aryl methyl sites for hydroxylation is 4.